The second-order valence-corrected chi connectivity index (χ2v) is 15.7. The third-order valence-corrected chi connectivity index (χ3v) is 10.1. The fourth-order valence-electron chi connectivity index (χ4n) is 5.00. The third kappa shape index (κ3) is 9.76. The highest BCUT2D eigenvalue weighted by molar-refractivity contribution is 8.19. The van der Waals surface area contributed by atoms with Crippen LogP contribution in [0, 0.1) is 0 Å². The summed E-state index contributed by atoms with van der Waals surface area (Å²) in [7, 11) is -14.0. The number of fused-ring (bicyclic) bond motifs is 1. The van der Waals surface area contributed by atoms with Crippen molar-refractivity contribution < 1.29 is 64.4 Å². The Balaban J connectivity index is 1.62. The first-order chi connectivity index (χ1) is 26.3. The van der Waals surface area contributed by atoms with Crippen molar-refractivity contribution in [1.29, 1.82) is 0 Å². The van der Waals surface area contributed by atoms with Crippen LogP contribution in [-0.4, -0.2) is 81.3 Å². The molecule has 24 heteroatoms. The van der Waals surface area contributed by atoms with Gasteiger partial charge in [0, 0.05) is 34.6 Å². The quantitative estimate of drug-likeness (QED) is 0.0322. The van der Waals surface area contributed by atoms with E-state index in [0.717, 1.165) is 18.2 Å². The highest BCUT2D eigenvalue weighted by Crippen LogP contribution is 2.55. The lowest BCUT2D eigenvalue weighted by molar-refractivity contribution is 0.198. The van der Waals surface area contributed by atoms with E-state index in [4.69, 9.17) is 20.9 Å². The Morgan fingerprint density at radius 1 is 0.607 bits per heavy atom. The van der Waals surface area contributed by atoms with Crippen LogP contribution in [0.4, 0.5) is 45.5 Å². The summed E-state index contributed by atoms with van der Waals surface area (Å²) >= 11 is 0. The molecule has 0 unspecified atom stereocenters. The van der Waals surface area contributed by atoms with Crippen LogP contribution in [0.15, 0.2) is 108 Å². The summed E-state index contributed by atoms with van der Waals surface area (Å²) in [4.78, 5) is -1.84. The maximum Gasteiger partial charge on any atom is 0.296 e. The summed E-state index contributed by atoms with van der Waals surface area (Å²) in [6.45, 7) is -1.55. The number of hydrogen-bond acceptors (Lipinski definition) is 19. The van der Waals surface area contributed by atoms with Gasteiger partial charge in [-0.2, -0.15) is 16.8 Å². The molecule has 13 N–H and O–H groups in total. The molecule has 0 amide bonds. The molecule has 0 saturated carbocycles. The zero-order valence-corrected chi connectivity index (χ0v) is 30.9. The van der Waals surface area contributed by atoms with E-state index in [9.17, 15) is 54.9 Å². The minimum absolute atomic E-state index is 0.00753. The molecule has 0 saturated heterocycles. The zero-order chi connectivity index (χ0) is 41.0. The standard InChI is InChI=1S/C32H33N7O14S3/c33-18-2-6-23(29(12-18)55(46,47)48)36-37-24-15-27(53-10-8-41)25(16-26(24)52-9-7-40)38-39-31-30(56(49,50)51)11-17-1-3-19(13-21(17)32(31)42)35-20-4-5-22(34)28(14-20)54(43,44)45/h1-6,11-16,35,40-42,49-51H,7-10,33-34H2,(H,43,44,45)(H,46,47,48). The van der Waals surface area contributed by atoms with Gasteiger partial charge in [-0.1, -0.05) is 6.07 Å². The van der Waals surface area contributed by atoms with E-state index < -0.39 is 70.4 Å². The number of nitrogen functional groups attached to an aromatic ring is 2. The number of rotatable bonds is 15. The van der Waals surface area contributed by atoms with E-state index in [2.05, 4.69) is 25.8 Å². The molecule has 0 bridgehead atoms. The number of nitrogens with zero attached hydrogens (tertiary/aromatic N) is 4. The van der Waals surface area contributed by atoms with E-state index >= 15 is 0 Å². The number of hydrogen-bond donors (Lipinski definition) is 11. The average molecular weight is 836 g/mol. The summed E-state index contributed by atoms with van der Waals surface area (Å²) in [5.41, 5.74) is 10.3. The van der Waals surface area contributed by atoms with Crippen LogP contribution in [-0.2, 0) is 20.2 Å². The maximum atomic E-state index is 11.9. The first-order valence-electron chi connectivity index (χ1n) is 15.6. The lowest BCUT2D eigenvalue weighted by atomic mass is 10.1. The number of aromatic hydroxyl groups is 1. The van der Waals surface area contributed by atoms with Crippen molar-refractivity contribution in [3.05, 3.63) is 72.8 Å². The van der Waals surface area contributed by atoms with Crippen LogP contribution in [0.3, 0.4) is 0 Å². The summed E-state index contributed by atoms with van der Waals surface area (Å²) in [5, 5.41) is 49.4. The van der Waals surface area contributed by atoms with E-state index in [0.29, 0.717) is 0 Å². The van der Waals surface area contributed by atoms with E-state index in [1.807, 2.05) is 0 Å². The van der Waals surface area contributed by atoms with E-state index in [-0.39, 0.29) is 75.3 Å². The molecule has 0 atom stereocenters. The van der Waals surface area contributed by atoms with Gasteiger partial charge in [0.25, 0.3) is 20.2 Å². The highest BCUT2D eigenvalue weighted by Gasteiger charge is 2.26. The SMILES string of the molecule is Nc1ccc(N=Nc2cc(OCCO)c(N=Nc3c(S(O)(O)O)cc4ccc(Nc5ccc(N)c(S(=O)(=O)O)c5)cc4c3O)cc2OCCO)c(S(=O)(=O)O)c1. The Hall–Kier alpha value is -5.67. The minimum Gasteiger partial charge on any atom is -0.505 e. The first-order valence-corrected chi connectivity index (χ1v) is 20.0. The Bertz CT molecular complexity index is 2580. The van der Waals surface area contributed by atoms with Gasteiger partial charge in [-0.15, -0.1) is 20.5 Å². The molecule has 0 aliphatic carbocycles. The second-order valence-electron chi connectivity index (χ2n) is 11.4. The van der Waals surface area contributed by atoms with Gasteiger partial charge in [0.15, 0.2) is 5.75 Å². The molecule has 0 aliphatic heterocycles. The van der Waals surface area contributed by atoms with Crippen molar-refractivity contribution in [3.63, 3.8) is 0 Å². The van der Waals surface area contributed by atoms with Gasteiger partial charge in [0.05, 0.1) is 23.8 Å². The molecule has 0 radical (unpaired) electrons. The topological polar surface area (TPSA) is 362 Å². The number of benzene rings is 5. The fourth-order valence-corrected chi connectivity index (χ4v) is 6.98. The van der Waals surface area contributed by atoms with Crippen molar-refractivity contribution in [3.8, 4) is 17.2 Å². The number of ether oxygens (including phenoxy) is 2. The van der Waals surface area contributed by atoms with Crippen molar-refractivity contribution in [2.24, 2.45) is 20.5 Å². The minimum atomic E-state index is -4.79. The molecule has 0 heterocycles. The number of nitrogens with one attached hydrogen (secondary N) is 1. The molecule has 298 valence electrons. The number of aliphatic hydroxyl groups excluding tert-OH is 2. The molecular weight excluding hydrogens is 803 g/mol. The highest BCUT2D eigenvalue weighted by atomic mass is 32.3. The molecule has 5 rings (SSSR count). The summed E-state index contributed by atoms with van der Waals surface area (Å²) in [5.74, 6) is -0.994. The number of aliphatic hydroxyl groups is 2. The number of anilines is 4. The van der Waals surface area contributed by atoms with Crippen molar-refractivity contribution in [1.82, 2.24) is 0 Å². The third-order valence-electron chi connectivity index (χ3n) is 7.45. The average Bonchev–Trinajstić information content (AvgIpc) is 3.12. The van der Waals surface area contributed by atoms with Gasteiger partial charge in [-0.05, 0) is 60.0 Å². The number of phenols is 1. The molecule has 5 aromatic carbocycles. The van der Waals surface area contributed by atoms with Crippen LogP contribution in [0.2, 0.25) is 0 Å². The van der Waals surface area contributed by atoms with Crippen LogP contribution >= 0.6 is 10.9 Å². The van der Waals surface area contributed by atoms with Gasteiger partial charge < -0.3 is 55.2 Å². The van der Waals surface area contributed by atoms with Gasteiger partial charge in [0.2, 0.25) is 0 Å². The van der Waals surface area contributed by atoms with Crippen molar-refractivity contribution in [2.45, 2.75) is 14.7 Å². The summed E-state index contributed by atoms with van der Waals surface area (Å²) in [6, 6.07) is 15.0. The predicted octanol–water partition coefficient (Wildman–Crippen LogP) is 6.10. The molecule has 0 fully saturated rings. The normalized spacial score (nSPS) is 12.8. The molecule has 0 aromatic heterocycles. The molecule has 56 heavy (non-hydrogen) atoms. The van der Waals surface area contributed by atoms with Crippen LogP contribution in [0.25, 0.3) is 10.8 Å². The van der Waals surface area contributed by atoms with Crippen molar-refractivity contribution in [2.75, 3.05) is 43.2 Å². The predicted molar refractivity (Wildman–Crippen MR) is 204 cm³/mol. The van der Waals surface area contributed by atoms with Gasteiger partial charge >= 0.3 is 0 Å². The maximum absolute atomic E-state index is 11.9. The molecular formula is C32H33N7O14S3. The molecule has 21 nitrogen and oxygen atoms in total. The lowest BCUT2D eigenvalue weighted by Crippen LogP contribution is -2.04. The number of nitrogens with two attached hydrogens (primary N) is 2. The fraction of sp³-hybridized carbons (Fsp3) is 0.125. The molecule has 0 aliphatic rings. The number of azo groups is 2. The number of phenolic OH excluding ortho intramolecular Hbond substituents is 1. The van der Waals surface area contributed by atoms with Gasteiger partial charge in [-0.3, -0.25) is 9.11 Å². The van der Waals surface area contributed by atoms with Crippen LogP contribution in [0.5, 0.6) is 17.2 Å². The Morgan fingerprint density at radius 2 is 1.16 bits per heavy atom. The van der Waals surface area contributed by atoms with Gasteiger partial charge in [-0.25, -0.2) is 0 Å². The van der Waals surface area contributed by atoms with E-state index in [1.165, 1.54) is 54.6 Å². The largest absolute Gasteiger partial charge is 0.505 e. The summed E-state index contributed by atoms with van der Waals surface area (Å²) < 4.78 is 109. The second kappa shape index (κ2) is 16.6. The first kappa shape index (κ1) is 41.5. The Labute approximate surface area is 319 Å². The van der Waals surface area contributed by atoms with Crippen LogP contribution < -0.4 is 26.3 Å². The zero-order valence-electron chi connectivity index (χ0n) is 28.5. The monoisotopic (exact) mass is 835 g/mol. The van der Waals surface area contributed by atoms with Crippen LogP contribution in [0.1, 0.15) is 0 Å². The smallest absolute Gasteiger partial charge is 0.296 e. The van der Waals surface area contributed by atoms with Gasteiger partial charge in [0.1, 0.15) is 68.1 Å². The van der Waals surface area contributed by atoms with Crippen molar-refractivity contribution >= 4 is 87.4 Å². The molecule has 5 aromatic rings. The van der Waals surface area contributed by atoms with E-state index in [1.54, 1.807) is 0 Å². The summed E-state index contributed by atoms with van der Waals surface area (Å²) in [6.07, 6.45) is 0. The Kier molecular flexibility index (Phi) is 12.3. The Morgan fingerprint density at radius 3 is 1.73 bits per heavy atom. The lowest BCUT2D eigenvalue weighted by Gasteiger charge is -2.22. The molecule has 0 spiro atoms.